The zero-order valence-electron chi connectivity index (χ0n) is 9.20. The monoisotopic (exact) mass is 322 g/mol. The fourth-order valence-corrected chi connectivity index (χ4v) is 2.11. The van der Waals surface area contributed by atoms with Gasteiger partial charge in [-0.3, -0.25) is 0 Å². The van der Waals surface area contributed by atoms with Gasteiger partial charge in [0.15, 0.2) is 6.61 Å². The minimum absolute atomic E-state index is 0.169. The highest BCUT2D eigenvalue weighted by molar-refractivity contribution is 9.10. The van der Waals surface area contributed by atoms with Gasteiger partial charge >= 0.3 is 5.97 Å². The minimum atomic E-state index is -0.439. The van der Waals surface area contributed by atoms with Crippen LogP contribution in [0, 0.1) is 0 Å². The van der Waals surface area contributed by atoms with Gasteiger partial charge < -0.3 is 14.6 Å². The van der Waals surface area contributed by atoms with Crippen molar-refractivity contribution in [2.45, 2.75) is 13.5 Å². The predicted octanol–water partition coefficient (Wildman–Crippen LogP) is 2.54. The summed E-state index contributed by atoms with van der Waals surface area (Å²) in [5.41, 5.74) is 0.579. The van der Waals surface area contributed by atoms with Crippen molar-refractivity contribution in [2.24, 2.45) is 0 Å². The highest BCUT2D eigenvalue weighted by Crippen LogP contribution is 2.30. The molecule has 0 aromatic heterocycles. The first kappa shape index (κ1) is 14.3. The Morgan fingerprint density at radius 2 is 2.24 bits per heavy atom. The Morgan fingerprint density at radius 3 is 2.76 bits per heavy atom. The zero-order valence-corrected chi connectivity index (χ0v) is 11.5. The number of halogens is 2. The average molecular weight is 324 g/mol. The Hall–Kier alpha value is -0.780. The van der Waals surface area contributed by atoms with Gasteiger partial charge in [0.1, 0.15) is 5.75 Å². The lowest BCUT2D eigenvalue weighted by atomic mass is 10.2. The van der Waals surface area contributed by atoms with E-state index in [1.807, 2.05) is 0 Å². The lowest BCUT2D eigenvalue weighted by Crippen LogP contribution is -2.14. The first-order valence-electron chi connectivity index (χ1n) is 4.95. The quantitative estimate of drug-likeness (QED) is 0.846. The van der Waals surface area contributed by atoms with Gasteiger partial charge in [0.2, 0.25) is 0 Å². The molecule has 0 heterocycles. The van der Waals surface area contributed by atoms with Gasteiger partial charge in [0, 0.05) is 10.0 Å². The third-order valence-corrected chi connectivity index (χ3v) is 2.98. The number of aliphatic hydroxyl groups is 1. The Morgan fingerprint density at radius 1 is 1.53 bits per heavy atom. The molecule has 0 bridgehead atoms. The Balaban J connectivity index is 2.70. The third kappa shape index (κ3) is 4.18. The molecule has 4 nitrogen and oxygen atoms in total. The van der Waals surface area contributed by atoms with Crippen LogP contribution in [0.15, 0.2) is 16.6 Å². The van der Waals surface area contributed by atoms with E-state index in [-0.39, 0.29) is 13.2 Å². The minimum Gasteiger partial charge on any atom is -0.482 e. The average Bonchev–Trinajstić information content (AvgIpc) is 2.26. The normalized spacial score (nSPS) is 10.1. The molecule has 0 amide bonds. The number of aliphatic hydroxyl groups excluding tert-OH is 1. The number of hydrogen-bond donors (Lipinski definition) is 1. The van der Waals surface area contributed by atoms with E-state index in [4.69, 9.17) is 26.2 Å². The molecule has 0 saturated carbocycles. The van der Waals surface area contributed by atoms with E-state index in [2.05, 4.69) is 15.9 Å². The highest BCUT2D eigenvalue weighted by Gasteiger charge is 2.09. The summed E-state index contributed by atoms with van der Waals surface area (Å²) in [5.74, 6) is -0.00175. The van der Waals surface area contributed by atoms with Crippen molar-refractivity contribution in [1.29, 1.82) is 0 Å². The second-order valence-corrected chi connectivity index (χ2v) is 4.38. The summed E-state index contributed by atoms with van der Waals surface area (Å²) in [4.78, 5) is 11.1. The van der Waals surface area contributed by atoms with Crippen LogP contribution < -0.4 is 4.74 Å². The molecule has 0 aliphatic carbocycles. The number of esters is 1. The number of ether oxygens (including phenoxy) is 2. The predicted molar refractivity (Wildman–Crippen MR) is 67.2 cm³/mol. The van der Waals surface area contributed by atoms with E-state index in [1.165, 1.54) is 6.07 Å². The van der Waals surface area contributed by atoms with Gasteiger partial charge in [-0.25, -0.2) is 4.79 Å². The van der Waals surface area contributed by atoms with Crippen LogP contribution in [0.25, 0.3) is 0 Å². The van der Waals surface area contributed by atoms with Crippen LogP contribution in [0.3, 0.4) is 0 Å². The van der Waals surface area contributed by atoms with E-state index in [0.29, 0.717) is 27.4 Å². The van der Waals surface area contributed by atoms with Crippen molar-refractivity contribution < 1.29 is 19.4 Å². The van der Waals surface area contributed by atoms with Crippen molar-refractivity contribution >= 4 is 33.5 Å². The van der Waals surface area contributed by atoms with Crippen LogP contribution in [-0.4, -0.2) is 24.3 Å². The summed E-state index contributed by atoms with van der Waals surface area (Å²) in [5, 5.41) is 9.42. The van der Waals surface area contributed by atoms with Crippen LogP contribution in [-0.2, 0) is 16.1 Å². The van der Waals surface area contributed by atoms with Gasteiger partial charge in [-0.05, 0) is 19.1 Å². The lowest BCUT2D eigenvalue weighted by Gasteiger charge is -2.09. The number of carbonyl (C=O) groups is 1. The van der Waals surface area contributed by atoms with Gasteiger partial charge in [0.05, 0.1) is 18.2 Å². The molecule has 0 spiro atoms. The molecule has 0 fully saturated rings. The van der Waals surface area contributed by atoms with Gasteiger partial charge in [-0.2, -0.15) is 0 Å². The van der Waals surface area contributed by atoms with Crippen molar-refractivity contribution in [3.05, 3.63) is 27.2 Å². The lowest BCUT2D eigenvalue weighted by molar-refractivity contribution is -0.145. The van der Waals surface area contributed by atoms with E-state index < -0.39 is 5.97 Å². The van der Waals surface area contributed by atoms with Crippen LogP contribution in [0.4, 0.5) is 0 Å². The summed E-state index contributed by atoms with van der Waals surface area (Å²) >= 11 is 9.18. The summed E-state index contributed by atoms with van der Waals surface area (Å²) in [7, 11) is 0. The molecule has 1 rings (SSSR count). The summed E-state index contributed by atoms with van der Waals surface area (Å²) in [6.45, 7) is 1.70. The van der Waals surface area contributed by atoms with Crippen LogP contribution in [0.2, 0.25) is 5.02 Å². The first-order valence-corrected chi connectivity index (χ1v) is 6.12. The molecule has 1 aromatic rings. The zero-order chi connectivity index (χ0) is 12.8. The van der Waals surface area contributed by atoms with Crippen LogP contribution in [0.5, 0.6) is 5.75 Å². The summed E-state index contributed by atoms with van der Waals surface area (Å²) in [6.07, 6.45) is 0. The molecule has 17 heavy (non-hydrogen) atoms. The fraction of sp³-hybridized carbons (Fsp3) is 0.364. The molecule has 6 heteroatoms. The molecular weight excluding hydrogens is 311 g/mol. The van der Waals surface area contributed by atoms with Crippen LogP contribution >= 0.6 is 27.5 Å². The second kappa shape index (κ2) is 6.83. The van der Waals surface area contributed by atoms with E-state index >= 15 is 0 Å². The molecule has 0 aliphatic rings. The highest BCUT2D eigenvalue weighted by atomic mass is 79.9. The van der Waals surface area contributed by atoms with Crippen molar-refractivity contribution in [3.63, 3.8) is 0 Å². The molecule has 1 aromatic carbocycles. The van der Waals surface area contributed by atoms with Gasteiger partial charge in [0.25, 0.3) is 0 Å². The maximum Gasteiger partial charge on any atom is 0.344 e. The number of hydrogen-bond acceptors (Lipinski definition) is 4. The largest absolute Gasteiger partial charge is 0.482 e. The van der Waals surface area contributed by atoms with Crippen molar-refractivity contribution in [2.75, 3.05) is 13.2 Å². The molecule has 0 radical (unpaired) electrons. The SMILES string of the molecule is CCOC(=O)COc1cc(Cl)c(CO)c(Br)c1. The van der Waals surface area contributed by atoms with E-state index in [0.717, 1.165) is 0 Å². The summed E-state index contributed by atoms with van der Waals surface area (Å²) in [6, 6.07) is 3.17. The smallest absolute Gasteiger partial charge is 0.344 e. The molecule has 94 valence electrons. The Labute approximate surface area is 113 Å². The second-order valence-electron chi connectivity index (χ2n) is 3.12. The molecule has 0 atom stereocenters. The maximum atomic E-state index is 11.1. The number of rotatable bonds is 5. The number of carbonyl (C=O) groups excluding carboxylic acids is 1. The molecule has 0 aliphatic heterocycles. The molecule has 1 N–H and O–H groups in total. The van der Waals surface area contributed by atoms with Crippen molar-refractivity contribution in [3.8, 4) is 5.75 Å². The fourth-order valence-electron chi connectivity index (χ4n) is 1.16. The third-order valence-electron chi connectivity index (χ3n) is 1.93. The molecule has 0 unspecified atom stereocenters. The van der Waals surface area contributed by atoms with E-state index in [1.54, 1.807) is 13.0 Å². The number of benzene rings is 1. The van der Waals surface area contributed by atoms with Gasteiger partial charge in [-0.1, -0.05) is 27.5 Å². The topological polar surface area (TPSA) is 55.8 Å². The Kier molecular flexibility index (Phi) is 5.74. The van der Waals surface area contributed by atoms with Gasteiger partial charge in [-0.15, -0.1) is 0 Å². The maximum absolute atomic E-state index is 11.1. The molecule has 0 saturated heterocycles. The van der Waals surface area contributed by atoms with Crippen molar-refractivity contribution in [1.82, 2.24) is 0 Å². The Bertz CT molecular complexity index is 385. The summed E-state index contributed by atoms with van der Waals surface area (Å²) < 4.78 is 10.6. The standard InChI is InChI=1S/C11H12BrClO4/c1-2-16-11(15)6-17-7-3-9(12)8(5-14)10(13)4-7/h3-4,14H,2,5-6H2,1H3. The molecular formula is C11H12BrClO4. The van der Waals surface area contributed by atoms with Crippen LogP contribution in [0.1, 0.15) is 12.5 Å². The first-order chi connectivity index (χ1) is 8.08. The van der Waals surface area contributed by atoms with E-state index in [9.17, 15) is 4.79 Å².